The zero-order valence-corrected chi connectivity index (χ0v) is 15.6. The van der Waals surface area contributed by atoms with Crippen molar-refractivity contribution in [2.45, 2.75) is 31.1 Å². The van der Waals surface area contributed by atoms with Crippen LogP contribution < -0.4 is 20.1 Å². The van der Waals surface area contributed by atoms with Crippen molar-refractivity contribution in [2.24, 2.45) is 4.99 Å². The third-order valence-electron chi connectivity index (χ3n) is 4.98. The van der Waals surface area contributed by atoms with Crippen molar-refractivity contribution in [1.29, 1.82) is 0 Å². The van der Waals surface area contributed by atoms with Crippen LogP contribution in [0.3, 0.4) is 0 Å². The number of nitrogens with one attached hydrogen (secondary N) is 2. The minimum Gasteiger partial charge on any atom is -0.486 e. The predicted molar refractivity (Wildman–Crippen MR) is 101 cm³/mol. The Morgan fingerprint density at radius 3 is 2.65 bits per heavy atom. The minimum absolute atomic E-state index is 0. The molecule has 0 radical (unpaired) electrons. The number of guanidine groups is 1. The van der Waals surface area contributed by atoms with Crippen LogP contribution in [-0.4, -0.2) is 38.8 Å². The molecule has 2 aliphatic heterocycles. The van der Waals surface area contributed by atoms with Crippen LogP contribution in [-0.2, 0) is 5.41 Å². The van der Waals surface area contributed by atoms with Crippen LogP contribution in [0, 0.1) is 0 Å². The largest absolute Gasteiger partial charge is 0.486 e. The summed E-state index contributed by atoms with van der Waals surface area (Å²) in [4.78, 5) is 4.44. The first-order valence-electron chi connectivity index (χ1n) is 8.28. The third kappa shape index (κ3) is 3.36. The highest BCUT2D eigenvalue weighted by Crippen LogP contribution is 2.43. The van der Waals surface area contributed by atoms with Gasteiger partial charge in [0.1, 0.15) is 13.2 Å². The predicted octanol–water partition coefficient (Wildman–Crippen LogP) is 2.44. The van der Waals surface area contributed by atoms with Gasteiger partial charge in [-0.25, -0.2) is 0 Å². The number of rotatable bonds is 3. The van der Waals surface area contributed by atoms with Crippen molar-refractivity contribution in [3.63, 3.8) is 0 Å². The van der Waals surface area contributed by atoms with E-state index >= 15 is 0 Å². The van der Waals surface area contributed by atoms with Gasteiger partial charge in [-0.2, -0.15) is 0 Å². The molecular formula is C17H24IN3O2. The lowest BCUT2D eigenvalue weighted by Crippen LogP contribution is -2.43. The summed E-state index contributed by atoms with van der Waals surface area (Å²) in [5, 5.41) is 6.80. The van der Waals surface area contributed by atoms with Gasteiger partial charge in [0.25, 0.3) is 0 Å². The van der Waals surface area contributed by atoms with E-state index in [4.69, 9.17) is 9.47 Å². The molecule has 0 bridgehead atoms. The molecule has 1 aromatic rings. The van der Waals surface area contributed by atoms with E-state index in [-0.39, 0.29) is 29.4 Å². The number of aliphatic imine (C=N–C) groups is 1. The maximum atomic E-state index is 5.77. The summed E-state index contributed by atoms with van der Waals surface area (Å²) >= 11 is 0. The Labute approximate surface area is 154 Å². The number of hydrogen-bond acceptors (Lipinski definition) is 5. The van der Waals surface area contributed by atoms with E-state index in [2.05, 4.69) is 33.8 Å². The number of ether oxygens (including phenoxy) is 2. The average molecular weight is 429 g/mol. The van der Waals surface area contributed by atoms with Gasteiger partial charge in [-0.05, 0) is 30.5 Å². The van der Waals surface area contributed by atoms with Gasteiger partial charge < -0.3 is 20.1 Å². The van der Waals surface area contributed by atoms with Crippen LogP contribution in [0.1, 0.15) is 31.2 Å². The van der Waals surface area contributed by atoms with Crippen molar-refractivity contribution >= 4 is 29.9 Å². The molecular weight excluding hydrogens is 405 g/mol. The molecule has 0 amide bonds. The number of fused-ring (bicyclic) bond motifs is 1. The second-order valence-electron chi connectivity index (χ2n) is 6.36. The quantitative estimate of drug-likeness (QED) is 0.725. The van der Waals surface area contributed by atoms with Crippen LogP contribution in [0.5, 0.6) is 11.5 Å². The Hall–Kier alpha value is -1.18. The first-order chi connectivity index (χ1) is 10.9. The second-order valence-corrected chi connectivity index (χ2v) is 6.36. The number of nitrogens with zero attached hydrogens (tertiary/aromatic N) is 1. The van der Waals surface area contributed by atoms with Gasteiger partial charge in [0, 0.05) is 18.5 Å². The molecule has 126 valence electrons. The Kier molecular flexibility index (Phi) is 5.18. The molecule has 1 aromatic carbocycles. The van der Waals surface area contributed by atoms with Crippen molar-refractivity contribution < 1.29 is 9.47 Å². The fourth-order valence-electron chi connectivity index (χ4n) is 3.76. The summed E-state index contributed by atoms with van der Waals surface area (Å²) in [7, 11) is 0. The van der Waals surface area contributed by atoms with E-state index in [0.29, 0.717) is 13.2 Å². The Balaban J connectivity index is 0.00000156. The molecule has 23 heavy (non-hydrogen) atoms. The lowest BCUT2D eigenvalue weighted by Gasteiger charge is -2.31. The standard InChI is InChI=1S/C17H23N3O2.HI/c1-2-6-17(5-1,12-20-16-18-7-8-19-16)13-3-4-14-15(11-13)22-10-9-21-14;/h3-4,11H,1-2,5-10,12H2,(H2,18,19,20);1H. The second kappa shape index (κ2) is 7.15. The van der Waals surface area contributed by atoms with E-state index in [1.54, 1.807) is 0 Å². The van der Waals surface area contributed by atoms with Crippen molar-refractivity contribution in [2.75, 3.05) is 32.8 Å². The lowest BCUT2D eigenvalue weighted by atomic mass is 9.78. The van der Waals surface area contributed by atoms with Crippen LogP contribution in [0.25, 0.3) is 0 Å². The molecule has 1 fully saturated rings. The monoisotopic (exact) mass is 429 g/mol. The molecule has 0 spiro atoms. The van der Waals surface area contributed by atoms with Gasteiger partial charge in [-0.15, -0.1) is 24.0 Å². The van der Waals surface area contributed by atoms with E-state index < -0.39 is 0 Å². The highest BCUT2D eigenvalue weighted by Gasteiger charge is 2.36. The van der Waals surface area contributed by atoms with E-state index in [9.17, 15) is 0 Å². The number of benzene rings is 1. The smallest absolute Gasteiger partial charge is 0.191 e. The summed E-state index contributed by atoms with van der Waals surface area (Å²) in [6.45, 7) is 4.03. The molecule has 1 aliphatic carbocycles. The summed E-state index contributed by atoms with van der Waals surface area (Å²) in [5.41, 5.74) is 1.54. The number of hydrogen-bond donors (Lipinski definition) is 2. The van der Waals surface area contributed by atoms with E-state index in [1.165, 1.54) is 31.2 Å². The molecule has 3 aliphatic rings. The minimum atomic E-state index is 0. The topological polar surface area (TPSA) is 54.9 Å². The fourth-order valence-corrected chi connectivity index (χ4v) is 3.76. The maximum Gasteiger partial charge on any atom is 0.191 e. The molecule has 2 heterocycles. The van der Waals surface area contributed by atoms with Gasteiger partial charge in [0.2, 0.25) is 0 Å². The van der Waals surface area contributed by atoms with Crippen LogP contribution in [0.15, 0.2) is 23.2 Å². The molecule has 0 saturated heterocycles. The van der Waals surface area contributed by atoms with E-state index in [1.807, 2.05) is 0 Å². The summed E-state index contributed by atoms with van der Waals surface area (Å²) in [6, 6.07) is 6.46. The van der Waals surface area contributed by atoms with Crippen molar-refractivity contribution in [3.05, 3.63) is 23.8 Å². The van der Waals surface area contributed by atoms with Crippen LogP contribution in [0.4, 0.5) is 0 Å². The van der Waals surface area contributed by atoms with Gasteiger partial charge in [0.05, 0.1) is 6.54 Å². The molecule has 0 unspecified atom stereocenters. The summed E-state index contributed by atoms with van der Waals surface area (Å²) in [5.74, 6) is 2.72. The Morgan fingerprint density at radius 2 is 1.91 bits per heavy atom. The molecule has 0 atom stereocenters. The van der Waals surface area contributed by atoms with Crippen molar-refractivity contribution in [1.82, 2.24) is 10.6 Å². The van der Waals surface area contributed by atoms with Crippen LogP contribution in [0.2, 0.25) is 0 Å². The summed E-state index contributed by atoms with van der Waals surface area (Å²) < 4.78 is 11.4. The first kappa shape index (κ1) is 16.7. The molecule has 2 N–H and O–H groups in total. The zero-order chi connectivity index (χ0) is 14.8. The Morgan fingerprint density at radius 1 is 1.13 bits per heavy atom. The average Bonchev–Trinajstić information content (AvgIpc) is 3.25. The van der Waals surface area contributed by atoms with Gasteiger partial charge in [0.15, 0.2) is 17.5 Å². The molecule has 6 heteroatoms. The molecule has 4 rings (SSSR count). The normalized spacial score (nSPS) is 21.1. The van der Waals surface area contributed by atoms with Gasteiger partial charge >= 0.3 is 0 Å². The highest BCUT2D eigenvalue weighted by molar-refractivity contribution is 14.0. The highest BCUT2D eigenvalue weighted by atomic mass is 127. The summed E-state index contributed by atoms with van der Waals surface area (Å²) in [6.07, 6.45) is 5.01. The number of halogens is 1. The molecule has 0 aromatic heterocycles. The van der Waals surface area contributed by atoms with Crippen LogP contribution >= 0.6 is 24.0 Å². The maximum absolute atomic E-state index is 5.77. The lowest BCUT2D eigenvalue weighted by molar-refractivity contribution is 0.171. The van der Waals surface area contributed by atoms with Gasteiger partial charge in [-0.1, -0.05) is 18.9 Å². The Bertz CT molecular complexity index is 585. The zero-order valence-electron chi connectivity index (χ0n) is 13.3. The fraction of sp³-hybridized carbons (Fsp3) is 0.588. The van der Waals surface area contributed by atoms with Gasteiger partial charge in [-0.3, -0.25) is 4.99 Å². The third-order valence-corrected chi connectivity index (χ3v) is 4.98. The first-order valence-corrected chi connectivity index (χ1v) is 8.28. The molecule has 5 nitrogen and oxygen atoms in total. The SMILES string of the molecule is I.c1cc2c(cc1C1(CNC3=NCCN3)CCCC1)OCCO2. The molecule has 1 saturated carbocycles. The van der Waals surface area contributed by atoms with Crippen molar-refractivity contribution in [3.8, 4) is 11.5 Å². The van der Waals surface area contributed by atoms with E-state index in [0.717, 1.165) is 37.1 Å².